The summed E-state index contributed by atoms with van der Waals surface area (Å²) in [6, 6.07) is 10.6. The lowest BCUT2D eigenvalue weighted by Crippen LogP contribution is -2.41. The highest BCUT2D eigenvalue weighted by molar-refractivity contribution is 7.99. The van der Waals surface area contributed by atoms with Crippen LogP contribution in [0.25, 0.3) is 0 Å². The molecular formula is C14H21NOS. The number of rotatable bonds is 4. The van der Waals surface area contributed by atoms with Crippen molar-refractivity contribution in [3.8, 4) is 0 Å². The Morgan fingerprint density at radius 2 is 2.18 bits per heavy atom. The highest BCUT2D eigenvalue weighted by atomic mass is 32.2. The molecule has 3 heteroatoms. The average molecular weight is 251 g/mol. The molecule has 2 nitrogen and oxygen atoms in total. The van der Waals surface area contributed by atoms with Gasteiger partial charge in [0.2, 0.25) is 0 Å². The molecule has 0 aromatic heterocycles. The zero-order valence-electron chi connectivity index (χ0n) is 10.4. The molecule has 2 atom stereocenters. The van der Waals surface area contributed by atoms with Crippen molar-refractivity contribution in [3.05, 3.63) is 35.9 Å². The van der Waals surface area contributed by atoms with Crippen LogP contribution in [0.3, 0.4) is 0 Å². The van der Waals surface area contributed by atoms with Gasteiger partial charge in [0.15, 0.2) is 0 Å². The SMILES string of the molecule is CC1CSCCN1CCC(O)c1ccccc1. The van der Waals surface area contributed by atoms with Gasteiger partial charge in [-0.05, 0) is 18.9 Å². The van der Waals surface area contributed by atoms with Crippen molar-refractivity contribution in [1.29, 1.82) is 0 Å². The number of hydrogen-bond donors (Lipinski definition) is 1. The second-order valence-electron chi connectivity index (χ2n) is 4.68. The predicted octanol–water partition coefficient (Wildman–Crippen LogP) is 2.55. The number of benzene rings is 1. The van der Waals surface area contributed by atoms with Crippen LogP contribution in [0.15, 0.2) is 30.3 Å². The van der Waals surface area contributed by atoms with Crippen LogP contribution in [0.5, 0.6) is 0 Å². The molecule has 0 radical (unpaired) electrons. The Kier molecular flexibility index (Phi) is 4.89. The molecule has 0 saturated carbocycles. The Hall–Kier alpha value is -0.510. The molecule has 1 aliphatic heterocycles. The van der Waals surface area contributed by atoms with Crippen molar-refractivity contribution < 1.29 is 5.11 Å². The summed E-state index contributed by atoms with van der Waals surface area (Å²) in [6.07, 6.45) is 0.511. The molecule has 1 heterocycles. The second-order valence-corrected chi connectivity index (χ2v) is 5.82. The number of aliphatic hydroxyl groups is 1. The molecule has 94 valence electrons. The van der Waals surface area contributed by atoms with Crippen molar-refractivity contribution >= 4 is 11.8 Å². The zero-order valence-corrected chi connectivity index (χ0v) is 11.2. The maximum absolute atomic E-state index is 10.1. The van der Waals surface area contributed by atoms with Crippen LogP contribution in [0.1, 0.15) is 25.0 Å². The van der Waals surface area contributed by atoms with Crippen LogP contribution < -0.4 is 0 Å². The predicted molar refractivity (Wildman–Crippen MR) is 74.4 cm³/mol. The summed E-state index contributed by atoms with van der Waals surface area (Å²) in [6.45, 7) is 4.44. The number of thioether (sulfide) groups is 1. The van der Waals surface area contributed by atoms with Gasteiger partial charge in [-0.25, -0.2) is 0 Å². The smallest absolute Gasteiger partial charge is 0.0802 e. The van der Waals surface area contributed by atoms with Gasteiger partial charge in [0.05, 0.1) is 6.10 Å². The summed E-state index contributed by atoms with van der Waals surface area (Å²) >= 11 is 2.03. The van der Waals surface area contributed by atoms with E-state index in [-0.39, 0.29) is 6.10 Å². The molecule has 0 amide bonds. The first kappa shape index (κ1) is 12.9. The van der Waals surface area contributed by atoms with E-state index in [0.717, 1.165) is 25.1 Å². The van der Waals surface area contributed by atoms with E-state index in [2.05, 4.69) is 11.8 Å². The Bertz CT molecular complexity index is 330. The van der Waals surface area contributed by atoms with Crippen LogP contribution in [-0.4, -0.2) is 40.6 Å². The molecule has 1 aromatic rings. The minimum absolute atomic E-state index is 0.321. The third kappa shape index (κ3) is 3.73. The summed E-state index contributed by atoms with van der Waals surface area (Å²) in [5.41, 5.74) is 1.03. The first-order valence-electron chi connectivity index (χ1n) is 6.32. The fraction of sp³-hybridized carbons (Fsp3) is 0.571. The number of hydrogen-bond acceptors (Lipinski definition) is 3. The van der Waals surface area contributed by atoms with Gasteiger partial charge >= 0.3 is 0 Å². The van der Waals surface area contributed by atoms with Crippen LogP contribution >= 0.6 is 11.8 Å². The lowest BCUT2D eigenvalue weighted by molar-refractivity contribution is 0.133. The van der Waals surface area contributed by atoms with E-state index in [1.54, 1.807) is 0 Å². The average Bonchev–Trinajstić information content (AvgIpc) is 2.38. The lowest BCUT2D eigenvalue weighted by Gasteiger charge is -2.33. The summed E-state index contributed by atoms with van der Waals surface area (Å²) in [5.74, 6) is 2.45. The molecule has 2 unspecified atom stereocenters. The largest absolute Gasteiger partial charge is 0.388 e. The van der Waals surface area contributed by atoms with Crippen molar-refractivity contribution in [2.45, 2.75) is 25.5 Å². The van der Waals surface area contributed by atoms with E-state index >= 15 is 0 Å². The Labute approximate surface area is 108 Å². The standard InChI is InChI=1S/C14H21NOS/c1-12-11-17-10-9-15(12)8-7-14(16)13-5-3-2-4-6-13/h2-6,12,14,16H,7-11H2,1H3. The molecule has 17 heavy (non-hydrogen) atoms. The summed E-state index contributed by atoms with van der Waals surface area (Å²) in [5, 5.41) is 10.1. The Morgan fingerprint density at radius 3 is 2.88 bits per heavy atom. The van der Waals surface area contributed by atoms with E-state index < -0.39 is 0 Å². The van der Waals surface area contributed by atoms with E-state index in [1.165, 1.54) is 11.5 Å². The van der Waals surface area contributed by atoms with E-state index in [4.69, 9.17) is 0 Å². The Morgan fingerprint density at radius 1 is 1.41 bits per heavy atom. The maximum Gasteiger partial charge on any atom is 0.0802 e. The normalized spacial score (nSPS) is 23.5. The van der Waals surface area contributed by atoms with Crippen LogP contribution in [-0.2, 0) is 0 Å². The molecule has 1 N–H and O–H groups in total. The van der Waals surface area contributed by atoms with Gasteiger partial charge in [0.1, 0.15) is 0 Å². The van der Waals surface area contributed by atoms with E-state index in [1.807, 2.05) is 42.1 Å². The van der Waals surface area contributed by atoms with Gasteiger partial charge in [0.25, 0.3) is 0 Å². The van der Waals surface area contributed by atoms with Gasteiger partial charge in [-0.15, -0.1) is 0 Å². The first-order valence-corrected chi connectivity index (χ1v) is 7.47. The zero-order chi connectivity index (χ0) is 12.1. The third-order valence-corrected chi connectivity index (χ3v) is 4.57. The van der Waals surface area contributed by atoms with Gasteiger partial charge < -0.3 is 5.11 Å². The van der Waals surface area contributed by atoms with Gasteiger partial charge in [0, 0.05) is 30.6 Å². The van der Waals surface area contributed by atoms with Crippen molar-refractivity contribution in [1.82, 2.24) is 4.90 Å². The van der Waals surface area contributed by atoms with Crippen molar-refractivity contribution in [2.75, 3.05) is 24.6 Å². The fourth-order valence-corrected chi connectivity index (χ4v) is 3.31. The van der Waals surface area contributed by atoms with Crippen LogP contribution in [0, 0.1) is 0 Å². The summed E-state index contributed by atoms with van der Waals surface area (Å²) in [4.78, 5) is 2.49. The van der Waals surface area contributed by atoms with Gasteiger partial charge in [-0.3, -0.25) is 4.90 Å². The molecule has 1 aliphatic rings. The number of aliphatic hydroxyl groups excluding tert-OH is 1. The topological polar surface area (TPSA) is 23.5 Å². The van der Waals surface area contributed by atoms with Gasteiger partial charge in [-0.2, -0.15) is 11.8 Å². The molecule has 0 aliphatic carbocycles. The Balaban J connectivity index is 1.81. The summed E-state index contributed by atoms with van der Waals surface area (Å²) < 4.78 is 0. The monoisotopic (exact) mass is 251 g/mol. The molecule has 1 aromatic carbocycles. The second kappa shape index (κ2) is 6.43. The summed E-state index contributed by atoms with van der Waals surface area (Å²) in [7, 11) is 0. The number of nitrogens with zero attached hydrogens (tertiary/aromatic N) is 1. The lowest BCUT2D eigenvalue weighted by atomic mass is 10.1. The third-order valence-electron chi connectivity index (χ3n) is 3.38. The molecular weight excluding hydrogens is 230 g/mol. The molecule has 0 bridgehead atoms. The van der Waals surface area contributed by atoms with Crippen molar-refractivity contribution in [3.63, 3.8) is 0 Å². The maximum atomic E-state index is 10.1. The molecule has 1 saturated heterocycles. The van der Waals surface area contributed by atoms with Crippen LogP contribution in [0.2, 0.25) is 0 Å². The quantitative estimate of drug-likeness (QED) is 0.889. The van der Waals surface area contributed by atoms with E-state index in [0.29, 0.717) is 6.04 Å². The van der Waals surface area contributed by atoms with Gasteiger partial charge in [-0.1, -0.05) is 30.3 Å². The highest BCUT2D eigenvalue weighted by Gasteiger charge is 2.19. The van der Waals surface area contributed by atoms with E-state index in [9.17, 15) is 5.11 Å². The van der Waals surface area contributed by atoms with Crippen LogP contribution in [0.4, 0.5) is 0 Å². The highest BCUT2D eigenvalue weighted by Crippen LogP contribution is 2.20. The van der Waals surface area contributed by atoms with Crippen molar-refractivity contribution in [2.24, 2.45) is 0 Å². The minimum atomic E-state index is -0.321. The molecule has 1 fully saturated rings. The molecule has 0 spiro atoms. The fourth-order valence-electron chi connectivity index (χ4n) is 2.22. The molecule has 2 rings (SSSR count). The first-order chi connectivity index (χ1) is 8.27. The minimum Gasteiger partial charge on any atom is -0.388 e.